The number of benzene rings is 1. The summed E-state index contributed by atoms with van der Waals surface area (Å²) in [6.45, 7) is 0.173. The maximum atomic E-state index is 13.9. The molecule has 18 heavy (non-hydrogen) atoms. The Morgan fingerprint density at radius 1 is 1.39 bits per heavy atom. The van der Waals surface area contributed by atoms with Crippen molar-refractivity contribution < 1.29 is 19.1 Å². The van der Waals surface area contributed by atoms with Crippen LogP contribution in [0.3, 0.4) is 0 Å². The molecule has 0 saturated carbocycles. The van der Waals surface area contributed by atoms with E-state index in [4.69, 9.17) is 10.8 Å². The van der Waals surface area contributed by atoms with Gasteiger partial charge in [0.2, 0.25) is 5.91 Å². The van der Waals surface area contributed by atoms with Crippen LogP contribution in [0.5, 0.6) is 0 Å². The second-order valence-corrected chi connectivity index (χ2v) is 4.24. The molecule has 1 saturated heterocycles. The number of carbonyl (C=O) groups excluding carboxylic acids is 1. The Kier molecular flexibility index (Phi) is 2.94. The van der Waals surface area contributed by atoms with Gasteiger partial charge in [-0.3, -0.25) is 9.69 Å². The Labute approximate surface area is 103 Å². The van der Waals surface area contributed by atoms with E-state index in [0.717, 1.165) is 4.90 Å². The molecule has 0 aliphatic carbocycles. The van der Waals surface area contributed by atoms with Gasteiger partial charge in [0.25, 0.3) is 0 Å². The Morgan fingerprint density at radius 2 is 2.06 bits per heavy atom. The van der Waals surface area contributed by atoms with Gasteiger partial charge in [0, 0.05) is 12.1 Å². The molecule has 6 heteroatoms. The summed E-state index contributed by atoms with van der Waals surface area (Å²) in [7, 11) is 0. The summed E-state index contributed by atoms with van der Waals surface area (Å²) in [6.07, 6.45) is -0.589. The fraction of sp³-hybridized carbons (Fsp3) is 0.333. The lowest BCUT2D eigenvalue weighted by Crippen LogP contribution is -2.53. The Balaban J connectivity index is 2.62. The van der Waals surface area contributed by atoms with Crippen molar-refractivity contribution in [3.63, 3.8) is 0 Å². The van der Waals surface area contributed by atoms with Crippen molar-refractivity contribution >= 4 is 12.0 Å². The predicted molar refractivity (Wildman–Crippen MR) is 61.2 cm³/mol. The van der Waals surface area contributed by atoms with Crippen molar-refractivity contribution in [2.45, 2.75) is 18.4 Å². The number of hydrogen-bond donors (Lipinski definition) is 2. The molecule has 2 amide bonds. The molecule has 1 aromatic rings. The molecule has 1 aromatic carbocycles. The third-order valence-corrected chi connectivity index (χ3v) is 3.34. The van der Waals surface area contributed by atoms with Crippen LogP contribution in [-0.2, 0) is 10.3 Å². The molecule has 1 atom stereocenters. The number of rotatable bonds is 2. The minimum atomic E-state index is -1.59. The monoisotopic (exact) mass is 252 g/mol. The molecule has 0 aromatic heterocycles. The minimum Gasteiger partial charge on any atom is -0.465 e. The van der Waals surface area contributed by atoms with Gasteiger partial charge in [-0.05, 0) is 18.9 Å². The summed E-state index contributed by atoms with van der Waals surface area (Å²) < 4.78 is 13.9. The van der Waals surface area contributed by atoms with Gasteiger partial charge in [-0.2, -0.15) is 0 Å². The van der Waals surface area contributed by atoms with Crippen LogP contribution in [0.1, 0.15) is 18.4 Å². The van der Waals surface area contributed by atoms with Gasteiger partial charge in [-0.1, -0.05) is 18.2 Å². The Hall–Kier alpha value is -2.11. The van der Waals surface area contributed by atoms with Crippen LogP contribution in [0.2, 0.25) is 0 Å². The van der Waals surface area contributed by atoms with Crippen LogP contribution in [0.25, 0.3) is 0 Å². The zero-order valence-electron chi connectivity index (χ0n) is 9.60. The van der Waals surface area contributed by atoms with Crippen LogP contribution in [0.15, 0.2) is 24.3 Å². The van der Waals surface area contributed by atoms with E-state index >= 15 is 0 Å². The maximum absolute atomic E-state index is 13.9. The van der Waals surface area contributed by atoms with E-state index in [0.29, 0.717) is 6.42 Å². The number of hydrogen-bond acceptors (Lipinski definition) is 2. The molecule has 0 bridgehead atoms. The normalized spacial score (nSPS) is 23.1. The molecule has 1 fully saturated rings. The number of primary amides is 1. The first-order valence-corrected chi connectivity index (χ1v) is 5.55. The standard InChI is InChI=1S/C12H13FN2O3/c13-9-5-2-1-4-8(9)12(10(14)16)6-3-7-15(12)11(17)18/h1-2,4-5H,3,6-7H2,(H2,14,16)(H,17,18). The van der Waals surface area contributed by atoms with Crippen LogP contribution >= 0.6 is 0 Å². The summed E-state index contributed by atoms with van der Waals surface area (Å²) in [4.78, 5) is 23.9. The molecular formula is C12H13FN2O3. The first kappa shape index (κ1) is 12.3. The maximum Gasteiger partial charge on any atom is 0.408 e. The lowest BCUT2D eigenvalue weighted by Gasteiger charge is -2.34. The summed E-state index contributed by atoms with van der Waals surface area (Å²) in [5.74, 6) is -1.46. The van der Waals surface area contributed by atoms with Crippen molar-refractivity contribution in [3.05, 3.63) is 35.6 Å². The summed E-state index contributed by atoms with van der Waals surface area (Å²) in [6, 6.07) is 5.63. The van der Waals surface area contributed by atoms with Crippen LogP contribution in [0, 0.1) is 5.82 Å². The molecular weight excluding hydrogens is 239 g/mol. The molecule has 1 heterocycles. The third kappa shape index (κ3) is 1.61. The molecule has 1 unspecified atom stereocenters. The molecule has 1 aliphatic heterocycles. The summed E-state index contributed by atoms with van der Waals surface area (Å²) in [5.41, 5.74) is 3.79. The minimum absolute atomic E-state index is 0.0254. The number of likely N-dealkylation sites (tertiary alicyclic amines) is 1. The number of carboxylic acid groups (broad SMARTS) is 1. The second-order valence-electron chi connectivity index (χ2n) is 4.24. The highest BCUT2D eigenvalue weighted by Gasteiger charge is 2.51. The summed E-state index contributed by atoms with van der Waals surface area (Å²) in [5, 5.41) is 9.15. The van der Waals surface area contributed by atoms with E-state index < -0.39 is 23.4 Å². The molecule has 0 spiro atoms. The van der Waals surface area contributed by atoms with E-state index in [1.54, 1.807) is 6.07 Å². The molecule has 3 N–H and O–H groups in total. The van der Waals surface area contributed by atoms with Crippen LogP contribution < -0.4 is 5.73 Å². The molecule has 0 radical (unpaired) electrons. The highest BCUT2D eigenvalue weighted by Crippen LogP contribution is 2.39. The summed E-state index contributed by atoms with van der Waals surface area (Å²) >= 11 is 0. The van der Waals surface area contributed by atoms with Gasteiger partial charge in [-0.15, -0.1) is 0 Å². The zero-order chi connectivity index (χ0) is 13.3. The number of carbonyl (C=O) groups is 2. The first-order chi connectivity index (χ1) is 8.50. The van der Waals surface area contributed by atoms with Crippen LogP contribution in [-0.4, -0.2) is 28.6 Å². The second kappa shape index (κ2) is 4.29. The van der Waals surface area contributed by atoms with Gasteiger partial charge in [-0.25, -0.2) is 9.18 Å². The lowest BCUT2D eigenvalue weighted by molar-refractivity contribution is -0.128. The predicted octanol–water partition coefficient (Wildman–Crippen LogP) is 1.28. The highest BCUT2D eigenvalue weighted by molar-refractivity contribution is 5.90. The van der Waals surface area contributed by atoms with Crippen molar-refractivity contribution in [1.82, 2.24) is 4.90 Å². The zero-order valence-corrected chi connectivity index (χ0v) is 9.60. The fourth-order valence-corrected chi connectivity index (χ4v) is 2.54. The van der Waals surface area contributed by atoms with Crippen molar-refractivity contribution in [1.29, 1.82) is 0 Å². The average molecular weight is 252 g/mol. The average Bonchev–Trinajstić information content (AvgIpc) is 2.75. The van der Waals surface area contributed by atoms with Gasteiger partial charge in [0.15, 0.2) is 5.54 Å². The van der Waals surface area contributed by atoms with E-state index in [-0.39, 0.29) is 18.5 Å². The van der Waals surface area contributed by atoms with Gasteiger partial charge in [0.1, 0.15) is 5.82 Å². The Bertz CT molecular complexity index is 506. The van der Waals surface area contributed by atoms with Gasteiger partial charge >= 0.3 is 6.09 Å². The Morgan fingerprint density at radius 3 is 2.61 bits per heavy atom. The smallest absolute Gasteiger partial charge is 0.408 e. The number of nitrogens with two attached hydrogens (primary N) is 1. The van der Waals surface area contributed by atoms with Crippen molar-refractivity contribution in [2.75, 3.05) is 6.54 Å². The number of nitrogens with zero attached hydrogens (tertiary/aromatic N) is 1. The van der Waals surface area contributed by atoms with Gasteiger partial charge in [0.05, 0.1) is 0 Å². The van der Waals surface area contributed by atoms with E-state index in [1.807, 2.05) is 0 Å². The molecule has 2 rings (SSSR count). The molecule has 5 nitrogen and oxygen atoms in total. The van der Waals surface area contributed by atoms with E-state index in [2.05, 4.69) is 0 Å². The number of amides is 2. The lowest BCUT2D eigenvalue weighted by atomic mass is 9.86. The SMILES string of the molecule is NC(=O)C1(c2ccccc2F)CCCN1C(=O)O. The van der Waals surface area contributed by atoms with E-state index in [9.17, 15) is 14.0 Å². The van der Waals surface area contributed by atoms with E-state index in [1.165, 1.54) is 18.2 Å². The van der Waals surface area contributed by atoms with Gasteiger partial charge < -0.3 is 10.8 Å². The first-order valence-electron chi connectivity index (χ1n) is 5.55. The quantitative estimate of drug-likeness (QED) is 0.831. The highest BCUT2D eigenvalue weighted by atomic mass is 19.1. The number of halogens is 1. The van der Waals surface area contributed by atoms with Crippen molar-refractivity contribution in [2.24, 2.45) is 5.73 Å². The van der Waals surface area contributed by atoms with Crippen LogP contribution in [0.4, 0.5) is 9.18 Å². The van der Waals surface area contributed by atoms with Crippen molar-refractivity contribution in [3.8, 4) is 0 Å². The third-order valence-electron chi connectivity index (χ3n) is 3.34. The molecule has 1 aliphatic rings. The topological polar surface area (TPSA) is 83.6 Å². The fourth-order valence-electron chi connectivity index (χ4n) is 2.54. The largest absolute Gasteiger partial charge is 0.465 e. The molecule has 96 valence electrons.